The number of aromatic carboxylic acids is 1. The Kier molecular flexibility index (Phi) is 3.97. The van der Waals surface area contributed by atoms with Crippen LogP contribution in [0.3, 0.4) is 0 Å². The molecule has 0 aliphatic carbocycles. The third-order valence-electron chi connectivity index (χ3n) is 3.33. The van der Waals surface area contributed by atoms with Crippen molar-refractivity contribution in [2.45, 2.75) is 12.5 Å². The van der Waals surface area contributed by atoms with Gasteiger partial charge in [-0.2, -0.15) is 0 Å². The van der Waals surface area contributed by atoms with Crippen LogP contribution in [0.1, 0.15) is 16.8 Å². The molecule has 1 aromatic rings. The Morgan fingerprint density at radius 1 is 1.50 bits per heavy atom. The topological polar surface area (TPSA) is 105 Å². The second-order valence-corrected chi connectivity index (χ2v) is 4.64. The number of carboxylic acids is 1. The fourth-order valence-electron chi connectivity index (χ4n) is 2.26. The molecule has 1 amide bonds. The Hall–Kier alpha value is -2.44. The van der Waals surface area contributed by atoms with Crippen molar-refractivity contribution in [2.24, 2.45) is 0 Å². The van der Waals surface area contributed by atoms with E-state index in [1.807, 2.05) is 4.90 Å². The minimum absolute atomic E-state index is 0.00622. The first-order chi connectivity index (χ1) is 9.51. The van der Waals surface area contributed by atoms with E-state index in [2.05, 4.69) is 10.1 Å². The average molecular weight is 279 g/mol. The molecule has 0 bridgehead atoms. The van der Waals surface area contributed by atoms with E-state index in [0.717, 1.165) is 18.7 Å². The number of hydrogen-bond donors (Lipinski definition) is 3. The van der Waals surface area contributed by atoms with Crippen molar-refractivity contribution < 1.29 is 19.4 Å². The number of hydrogen-bond acceptors (Lipinski definition) is 5. The van der Waals surface area contributed by atoms with Crippen molar-refractivity contribution >= 4 is 23.4 Å². The molecule has 0 spiro atoms. The summed E-state index contributed by atoms with van der Waals surface area (Å²) < 4.78 is 4.56. The maximum absolute atomic E-state index is 11.2. The van der Waals surface area contributed by atoms with Gasteiger partial charge in [0.15, 0.2) is 0 Å². The predicted molar refractivity (Wildman–Crippen MR) is 74.0 cm³/mol. The van der Waals surface area contributed by atoms with E-state index in [1.165, 1.54) is 7.11 Å². The molecule has 0 radical (unpaired) electrons. The minimum Gasteiger partial charge on any atom is -0.478 e. The van der Waals surface area contributed by atoms with E-state index in [4.69, 9.17) is 10.8 Å². The van der Waals surface area contributed by atoms with Gasteiger partial charge in [-0.05, 0) is 24.6 Å². The highest BCUT2D eigenvalue weighted by molar-refractivity contribution is 5.94. The Balaban J connectivity index is 2.08. The van der Waals surface area contributed by atoms with Crippen LogP contribution in [0, 0.1) is 0 Å². The van der Waals surface area contributed by atoms with Crippen LogP contribution in [0.25, 0.3) is 0 Å². The predicted octanol–water partition coefficient (Wildman–Crippen LogP) is 0.902. The number of carbonyl (C=O) groups excluding carboxylic acids is 1. The number of nitrogen functional groups attached to an aromatic ring is 1. The summed E-state index contributed by atoms with van der Waals surface area (Å²) in [7, 11) is 1.32. The quantitative estimate of drug-likeness (QED) is 0.710. The maximum Gasteiger partial charge on any atom is 0.407 e. The molecule has 1 aliphatic rings. The second kappa shape index (κ2) is 5.68. The molecule has 20 heavy (non-hydrogen) atoms. The molecule has 1 atom stereocenters. The zero-order valence-electron chi connectivity index (χ0n) is 11.1. The van der Waals surface area contributed by atoms with Crippen molar-refractivity contribution in [2.75, 3.05) is 30.8 Å². The third kappa shape index (κ3) is 2.93. The molecule has 7 heteroatoms. The monoisotopic (exact) mass is 279 g/mol. The molecule has 2 rings (SSSR count). The lowest BCUT2D eigenvalue weighted by atomic mass is 10.1. The number of nitrogens with one attached hydrogen (secondary N) is 1. The summed E-state index contributed by atoms with van der Waals surface area (Å²) in [5.41, 5.74) is 6.74. The smallest absolute Gasteiger partial charge is 0.407 e. The van der Waals surface area contributed by atoms with E-state index in [-0.39, 0.29) is 17.3 Å². The van der Waals surface area contributed by atoms with Crippen molar-refractivity contribution in [1.82, 2.24) is 5.32 Å². The van der Waals surface area contributed by atoms with Gasteiger partial charge in [-0.15, -0.1) is 0 Å². The number of anilines is 2. The van der Waals surface area contributed by atoms with Crippen LogP contribution in [-0.4, -0.2) is 43.4 Å². The van der Waals surface area contributed by atoms with Crippen LogP contribution in [0.15, 0.2) is 18.2 Å². The second-order valence-electron chi connectivity index (χ2n) is 4.64. The normalized spacial score (nSPS) is 17.9. The van der Waals surface area contributed by atoms with Gasteiger partial charge in [-0.1, -0.05) is 0 Å². The number of carboxylic acid groups (broad SMARTS) is 1. The maximum atomic E-state index is 11.2. The van der Waals surface area contributed by atoms with Crippen LogP contribution < -0.4 is 16.0 Å². The highest BCUT2D eigenvalue weighted by atomic mass is 16.5. The summed E-state index contributed by atoms with van der Waals surface area (Å²) in [5, 5.41) is 11.8. The van der Waals surface area contributed by atoms with E-state index in [0.29, 0.717) is 6.54 Å². The highest BCUT2D eigenvalue weighted by Crippen LogP contribution is 2.24. The number of nitrogens with two attached hydrogens (primary N) is 1. The van der Waals surface area contributed by atoms with Gasteiger partial charge in [0.05, 0.1) is 18.7 Å². The van der Waals surface area contributed by atoms with Crippen LogP contribution in [0.5, 0.6) is 0 Å². The molecule has 0 saturated carbocycles. The highest BCUT2D eigenvalue weighted by Gasteiger charge is 2.25. The first kappa shape index (κ1) is 14.0. The Morgan fingerprint density at radius 3 is 2.90 bits per heavy atom. The number of benzene rings is 1. The van der Waals surface area contributed by atoms with Crippen molar-refractivity contribution in [3.8, 4) is 0 Å². The molecule has 4 N–H and O–H groups in total. The average Bonchev–Trinajstić information content (AvgIpc) is 2.87. The zero-order valence-corrected chi connectivity index (χ0v) is 11.1. The van der Waals surface area contributed by atoms with Gasteiger partial charge < -0.3 is 25.8 Å². The van der Waals surface area contributed by atoms with Gasteiger partial charge in [0.1, 0.15) is 0 Å². The third-order valence-corrected chi connectivity index (χ3v) is 3.33. The lowest BCUT2D eigenvalue weighted by Gasteiger charge is -2.19. The lowest BCUT2D eigenvalue weighted by molar-refractivity contribution is 0.0698. The van der Waals surface area contributed by atoms with Crippen molar-refractivity contribution in [3.63, 3.8) is 0 Å². The number of rotatable bonds is 3. The van der Waals surface area contributed by atoms with Crippen LogP contribution in [0.4, 0.5) is 16.2 Å². The first-order valence-corrected chi connectivity index (χ1v) is 6.23. The molecule has 1 fully saturated rings. The molecular formula is C13H17N3O4. The first-order valence-electron chi connectivity index (χ1n) is 6.23. The van der Waals surface area contributed by atoms with Crippen LogP contribution >= 0.6 is 0 Å². The van der Waals surface area contributed by atoms with Gasteiger partial charge >= 0.3 is 12.1 Å². The molecule has 1 heterocycles. The van der Waals surface area contributed by atoms with Gasteiger partial charge in [0, 0.05) is 24.5 Å². The fraction of sp³-hybridized carbons (Fsp3) is 0.385. The minimum atomic E-state index is -1.05. The number of amides is 1. The Bertz CT molecular complexity index is 532. The molecule has 1 unspecified atom stereocenters. The molecule has 1 aliphatic heterocycles. The van der Waals surface area contributed by atoms with Gasteiger partial charge in [-0.25, -0.2) is 9.59 Å². The standard InChI is InChI=1S/C13H17N3O4/c1-20-13(19)15-8-4-5-16(7-8)9-2-3-11(14)10(6-9)12(17)18/h2-3,6,8H,4-5,7,14H2,1H3,(H,15,19)(H,17,18). The fourth-order valence-corrected chi connectivity index (χ4v) is 2.26. The summed E-state index contributed by atoms with van der Waals surface area (Å²) in [6, 6.07) is 4.91. The Labute approximate surface area is 116 Å². The number of alkyl carbamates (subject to hydrolysis) is 1. The van der Waals surface area contributed by atoms with Crippen molar-refractivity contribution in [1.29, 1.82) is 0 Å². The van der Waals surface area contributed by atoms with E-state index < -0.39 is 12.1 Å². The molecule has 108 valence electrons. The van der Waals surface area contributed by atoms with Crippen LogP contribution in [0.2, 0.25) is 0 Å². The summed E-state index contributed by atoms with van der Waals surface area (Å²) in [4.78, 5) is 24.2. The lowest BCUT2D eigenvalue weighted by Crippen LogP contribution is -2.36. The van der Waals surface area contributed by atoms with Crippen LogP contribution in [-0.2, 0) is 4.74 Å². The summed E-state index contributed by atoms with van der Waals surface area (Å²) in [5.74, 6) is -1.05. The van der Waals surface area contributed by atoms with Gasteiger partial charge in [-0.3, -0.25) is 0 Å². The molecular weight excluding hydrogens is 262 g/mol. The van der Waals surface area contributed by atoms with E-state index >= 15 is 0 Å². The largest absolute Gasteiger partial charge is 0.478 e. The summed E-state index contributed by atoms with van der Waals surface area (Å²) in [6.45, 7) is 1.34. The SMILES string of the molecule is COC(=O)NC1CCN(c2ccc(N)c(C(=O)O)c2)C1. The van der Waals surface area contributed by atoms with Crippen molar-refractivity contribution in [3.05, 3.63) is 23.8 Å². The number of carbonyl (C=O) groups is 2. The molecule has 1 aromatic carbocycles. The zero-order chi connectivity index (χ0) is 14.7. The summed E-state index contributed by atoms with van der Waals surface area (Å²) in [6.07, 6.45) is 0.322. The van der Waals surface area contributed by atoms with Gasteiger partial charge in [0.2, 0.25) is 0 Å². The molecule has 7 nitrogen and oxygen atoms in total. The molecule has 1 saturated heterocycles. The van der Waals surface area contributed by atoms with E-state index in [1.54, 1.807) is 18.2 Å². The summed E-state index contributed by atoms with van der Waals surface area (Å²) >= 11 is 0. The van der Waals surface area contributed by atoms with Gasteiger partial charge in [0.25, 0.3) is 0 Å². The number of ether oxygens (including phenoxy) is 1. The Morgan fingerprint density at radius 2 is 2.25 bits per heavy atom. The number of methoxy groups -OCH3 is 1. The molecule has 0 aromatic heterocycles. The van der Waals surface area contributed by atoms with E-state index in [9.17, 15) is 9.59 Å². The number of nitrogens with zero attached hydrogens (tertiary/aromatic N) is 1.